The normalized spacial score (nSPS) is 16.4. The fourth-order valence-electron chi connectivity index (χ4n) is 2.11. The van der Waals surface area contributed by atoms with E-state index in [1.165, 1.54) is 0 Å². The van der Waals surface area contributed by atoms with E-state index in [4.69, 9.17) is 15.3 Å². The van der Waals surface area contributed by atoms with Gasteiger partial charge in [0, 0.05) is 37.1 Å². The van der Waals surface area contributed by atoms with Gasteiger partial charge in [-0.1, -0.05) is 5.16 Å². The third-order valence-electron chi connectivity index (χ3n) is 3.16. The number of pyridine rings is 2. The fraction of sp³-hybridized carbons (Fsp3) is 0.267. The standard InChI is InChI=1S/C15H16N4O2.ClH/c16-8-12-7-13(21-19-12)10-20-14-4-2-6-18-15(14)11-3-1-5-17-9-11;/h1-6,9,13H,7-8,10,16H2;1H. The first kappa shape index (κ1) is 16.2. The molecule has 1 aliphatic rings. The third kappa shape index (κ3) is 3.72. The largest absolute Gasteiger partial charge is 0.487 e. The molecule has 2 aromatic rings. The van der Waals surface area contributed by atoms with Gasteiger partial charge in [0.15, 0.2) is 6.10 Å². The molecule has 3 heterocycles. The zero-order valence-corrected chi connectivity index (χ0v) is 12.7. The Morgan fingerprint density at radius 1 is 1.27 bits per heavy atom. The van der Waals surface area contributed by atoms with Gasteiger partial charge in [0.1, 0.15) is 18.1 Å². The number of nitrogens with zero attached hydrogens (tertiary/aromatic N) is 3. The minimum Gasteiger partial charge on any atom is -0.487 e. The van der Waals surface area contributed by atoms with Crippen LogP contribution in [0.15, 0.2) is 48.0 Å². The summed E-state index contributed by atoms with van der Waals surface area (Å²) < 4.78 is 5.84. The van der Waals surface area contributed by atoms with Crippen molar-refractivity contribution in [2.24, 2.45) is 10.9 Å². The number of nitrogens with two attached hydrogens (primary N) is 1. The molecule has 22 heavy (non-hydrogen) atoms. The summed E-state index contributed by atoms with van der Waals surface area (Å²) in [7, 11) is 0. The Morgan fingerprint density at radius 2 is 2.14 bits per heavy atom. The number of hydrogen-bond donors (Lipinski definition) is 1. The quantitative estimate of drug-likeness (QED) is 0.911. The minimum absolute atomic E-state index is 0. The van der Waals surface area contributed by atoms with Crippen LogP contribution in [0.5, 0.6) is 5.75 Å². The summed E-state index contributed by atoms with van der Waals surface area (Å²) in [5.41, 5.74) is 8.08. The van der Waals surface area contributed by atoms with Crippen LogP contribution in [0.3, 0.4) is 0 Å². The maximum absolute atomic E-state index is 5.84. The SMILES string of the molecule is Cl.NCC1=NOC(COc2cccnc2-c2cccnc2)C1. The van der Waals surface area contributed by atoms with Gasteiger partial charge >= 0.3 is 0 Å². The zero-order valence-electron chi connectivity index (χ0n) is 11.9. The smallest absolute Gasteiger partial charge is 0.166 e. The monoisotopic (exact) mass is 320 g/mol. The van der Waals surface area contributed by atoms with E-state index in [0.29, 0.717) is 25.3 Å². The van der Waals surface area contributed by atoms with Crippen LogP contribution < -0.4 is 10.5 Å². The van der Waals surface area contributed by atoms with Crippen LogP contribution >= 0.6 is 12.4 Å². The van der Waals surface area contributed by atoms with Crippen LogP contribution in [0.1, 0.15) is 6.42 Å². The van der Waals surface area contributed by atoms with Crippen LogP contribution in [0.25, 0.3) is 11.3 Å². The molecule has 7 heteroatoms. The van der Waals surface area contributed by atoms with Crippen molar-refractivity contribution in [1.82, 2.24) is 9.97 Å². The second-order valence-corrected chi connectivity index (χ2v) is 4.70. The van der Waals surface area contributed by atoms with Crippen LogP contribution in [0.4, 0.5) is 0 Å². The van der Waals surface area contributed by atoms with Crippen molar-refractivity contribution in [2.45, 2.75) is 12.5 Å². The predicted molar refractivity (Wildman–Crippen MR) is 86.2 cm³/mol. The number of rotatable bonds is 5. The summed E-state index contributed by atoms with van der Waals surface area (Å²) in [6.07, 6.45) is 5.84. The van der Waals surface area contributed by atoms with Gasteiger partial charge in [0.2, 0.25) is 0 Å². The number of ether oxygens (including phenoxy) is 1. The van der Waals surface area contributed by atoms with Gasteiger partial charge < -0.3 is 15.3 Å². The topological polar surface area (TPSA) is 82.6 Å². The van der Waals surface area contributed by atoms with Gasteiger partial charge in [-0.3, -0.25) is 9.97 Å². The molecule has 0 bridgehead atoms. The number of aromatic nitrogens is 2. The highest BCUT2D eigenvalue weighted by Crippen LogP contribution is 2.27. The van der Waals surface area contributed by atoms with E-state index >= 15 is 0 Å². The highest BCUT2D eigenvalue weighted by molar-refractivity contribution is 5.87. The molecular formula is C15H17ClN4O2. The van der Waals surface area contributed by atoms with Crippen molar-refractivity contribution >= 4 is 18.1 Å². The summed E-state index contributed by atoms with van der Waals surface area (Å²) >= 11 is 0. The fourth-order valence-corrected chi connectivity index (χ4v) is 2.11. The van der Waals surface area contributed by atoms with E-state index in [9.17, 15) is 0 Å². The van der Waals surface area contributed by atoms with E-state index in [2.05, 4.69) is 15.1 Å². The molecular weight excluding hydrogens is 304 g/mol. The summed E-state index contributed by atoms with van der Waals surface area (Å²) in [4.78, 5) is 13.8. The average molecular weight is 321 g/mol. The van der Waals surface area contributed by atoms with Crippen molar-refractivity contribution in [3.8, 4) is 17.0 Å². The molecule has 0 aromatic carbocycles. The van der Waals surface area contributed by atoms with Gasteiger partial charge in [-0.25, -0.2) is 0 Å². The molecule has 0 aliphatic carbocycles. The van der Waals surface area contributed by atoms with Gasteiger partial charge in [0.25, 0.3) is 0 Å². The van der Waals surface area contributed by atoms with Crippen molar-refractivity contribution in [3.05, 3.63) is 42.9 Å². The Balaban J connectivity index is 0.00000176. The second kappa shape index (κ2) is 7.72. The van der Waals surface area contributed by atoms with E-state index in [0.717, 1.165) is 17.0 Å². The highest BCUT2D eigenvalue weighted by atomic mass is 35.5. The van der Waals surface area contributed by atoms with E-state index in [-0.39, 0.29) is 18.5 Å². The molecule has 2 aromatic heterocycles. The number of halogens is 1. The Hall–Kier alpha value is -2.18. The van der Waals surface area contributed by atoms with Crippen LogP contribution in [0.2, 0.25) is 0 Å². The Morgan fingerprint density at radius 3 is 2.86 bits per heavy atom. The molecule has 1 unspecified atom stereocenters. The summed E-state index contributed by atoms with van der Waals surface area (Å²) in [5.74, 6) is 0.704. The Bertz CT molecular complexity index is 636. The molecule has 0 spiro atoms. The molecule has 0 saturated heterocycles. The maximum atomic E-state index is 5.84. The lowest BCUT2D eigenvalue weighted by Crippen LogP contribution is -2.20. The van der Waals surface area contributed by atoms with E-state index < -0.39 is 0 Å². The Kier molecular flexibility index (Phi) is 5.68. The van der Waals surface area contributed by atoms with Gasteiger partial charge in [-0.05, 0) is 24.3 Å². The highest BCUT2D eigenvalue weighted by Gasteiger charge is 2.21. The van der Waals surface area contributed by atoms with Gasteiger partial charge in [0.05, 0.1) is 5.71 Å². The van der Waals surface area contributed by atoms with Crippen molar-refractivity contribution < 1.29 is 9.57 Å². The average Bonchev–Trinajstić information content (AvgIpc) is 3.02. The van der Waals surface area contributed by atoms with Gasteiger partial charge in [-0.15, -0.1) is 12.4 Å². The number of oxime groups is 1. The zero-order chi connectivity index (χ0) is 14.5. The summed E-state index contributed by atoms with van der Waals surface area (Å²) in [6, 6.07) is 7.54. The minimum atomic E-state index is -0.0921. The Labute approximate surface area is 134 Å². The first-order valence-electron chi connectivity index (χ1n) is 6.76. The first-order chi connectivity index (χ1) is 10.4. The molecule has 0 amide bonds. The second-order valence-electron chi connectivity index (χ2n) is 4.70. The summed E-state index contributed by atoms with van der Waals surface area (Å²) in [6.45, 7) is 0.830. The van der Waals surface area contributed by atoms with Crippen LogP contribution in [-0.4, -0.2) is 34.9 Å². The maximum Gasteiger partial charge on any atom is 0.166 e. The van der Waals surface area contributed by atoms with E-state index in [1.54, 1.807) is 18.6 Å². The van der Waals surface area contributed by atoms with Crippen molar-refractivity contribution in [3.63, 3.8) is 0 Å². The molecule has 0 saturated carbocycles. The molecule has 1 aliphatic heterocycles. The van der Waals surface area contributed by atoms with Crippen molar-refractivity contribution in [2.75, 3.05) is 13.2 Å². The molecule has 6 nitrogen and oxygen atoms in total. The lowest BCUT2D eigenvalue weighted by Gasteiger charge is -2.13. The van der Waals surface area contributed by atoms with Crippen LogP contribution in [0, 0.1) is 0 Å². The van der Waals surface area contributed by atoms with Crippen LogP contribution in [-0.2, 0) is 4.84 Å². The molecule has 0 fully saturated rings. The molecule has 0 radical (unpaired) electrons. The van der Waals surface area contributed by atoms with E-state index in [1.807, 2.05) is 24.3 Å². The first-order valence-corrected chi connectivity index (χ1v) is 6.76. The van der Waals surface area contributed by atoms with Gasteiger partial charge in [-0.2, -0.15) is 0 Å². The lowest BCUT2D eigenvalue weighted by molar-refractivity contribution is 0.0471. The molecule has 116 valence electrons. The molecule has 1 atom stereocenters. The third-order valence-corrected chi connectivity index (χ3v) is 3.16. The number of hydrogen-bond acceptors (Lipinski definition) is 6. The lowest BCUT2D eigenvalue weighted by atomic mass is 10.1. The predicted octanol–water partition coefficient (Wildman–Crippen LogP) is 2.05. The molecule has 2 N–H and O–H groups in total. The molecule has 3 rings (SSSR count). The summed E-state index contributed by atoms with van der Waals surface area (Å²) in [5, 5.41) is 3.91. The van der Waals surface area contributed by atoms with Crippen molar-refractivity contribution in [1.29, 1.82) is 0 Å².